The highest BCUT2D eigenvalue weighted by Gasteiger charge is 2.33. The largest absolute Gasteiger partial charge is 0.496 e. The fraction of sp³-hybridized carbons (Fsp3) is 0.579. The number of likely N-dealkylation sites (tertiary alicyclic amines) is 1. The van der Waals surface area contributed by atoms with Crippen LogP contribution in [0.5, 0.6) is 5.75 Å². The van der Waals surface area contributed by atoms with E-state index in [1.54, 1.807) is 24.0 Å². The number of ether oxygens (including phenoxy) is 3. The molecule has 6 nitrogen and oxygen atoms in total. The maximum absolute atomic E-state index is 12.5. The van der Waals surface area contributed by atoms with Gasteiger partial charge in [0.15, 0.2) is 0 Å². The Hall–Kier alpha value is -2.24. The second kappa shape index (κ2) is 7.76. The van der Waals surface area contributed by atoms with E-state index in [0.29, 0.717) is 24.5 Å². The van der Waals surface area contributed by atoms with Gasteiger partial charge in [-0.25, -0.2) is 9.59 Å². The van der Waals surface area contributed by atoms with E-state index in [2.05, 4.69) is 0 Å². The molecule has 1 heterocycles. The maximum atomic E-state index is 12.5. The number of carbonyl (C=O) groups excluding carboxylic acids is 2. The molecule has 0 aromatic heterocycles. The minimum atomic E-state index is -0.532. The first-order chi connectivity index (χ1) is 11.8. The van der Waals surface area contributed by atoms with Crippen LogP contribution >= 0.6 is 0 Å². The predicted octanol–water partition coefficient (Wildman–Crippen LogP) is 3.94. The zero-order valence-electron chi connectivity index (χ0n) is 15.6. The van der Waals surface area contributed by atoms with Crippen LogP contribution in [0.15, 0.2) is 18.2 Å². The fourth-order valence-corrected chi connectivity index (χ4v) is 2.94. The van der Waals surface area contributed by atoms with E-state index in [1.165, 1.54) is 7.11 Å². The minimum Gasteiger partial charge on any atom is -0.496 e. The van der Waals surface area contributed by atoms with Gasteiger partial charge in [0.25, 0.3) is 0 Å². The number of amides is 1. The highest BCUT2D eigenvalue weighted by atomic mass is 16.6. The van der Waals surface area contributed by atoms with Crippen molar-refractivity contribution in [2.75, 3.05) is 20.3 Å². The third-order valence-electron chi connectivity index (χ3n) is 3.99. The van der Waals surface area contributed by atoms with Crippen LogP contribution < -0.4 is 4.74 Å². The zero-order chi connectivity index (χ0) is 18.6. The molecule has 2 rings (SSSR count). The molecule has 1 amide bonds. The molecule has 0 N–H and O–H groups in total. The van der Waals surface area contributed by atoms with Gasteiger partial charge in [0, 0.05) is 6.54 Å². The molecule has 0 aliphatic carbocycles. The van der Waals surface area contributed by atoms with Gasteiger partial charge in [0.05, 0.1) is 19.8 Å². The third-order valence-corrected chi connectivity index (χ3v) is 3.99. The summed E-state index contributed by atoms with van der Waals surface area (Å²) >= 11 is 0. The maximum Gasteiger partial charge on any atom is 0.410 e. The number of hydrogen-bond donors (Lipinski definition) is 0. The number of esters is 1. The Bertz CT molecular complexity index is 635. The lowest BCUT2D eigenvalue weighted by atomic mass is 10.0. The zero-order valence-corrected chi connectivity index (χ0v) is 15.6. The molecule has 0 bridgehead atoms. The van der Waals surface area contributed by atoms with Crippen LogP contribution in [0.25, 0.3) is 0 Å². The van der Waals surface area contributed by atoms with Gasteiger partial charge in [0.1, 0.15) is 16.9 Å². The lowest BCUT2D eigenvalue weighted by Crippen LogP contribution is -2.36. The third kappa shape index (κ3) is 4.65. The summed E-state index contributed by atoms with van der Waals surface area (Å²) in [5.74, 6) is 0.0355. The van der Waals surface area contributed by atoms with Crippen molar-refractivity contribution in [2.24, 2.45) is 0 Å². The Labute approximate surface area is 149 Å². The molecule has 25 heavy (non-hydrogen) atoms. The van der Waals surface area contributed by atoms with Crippen LogP contribution in [0.1, 0.15) is 62.5 Å². The Morgan fingerprint density at radius 1 is 1.28 bits per heavy atom. The smallest absolute Gasteiger partial charge is 0.410 e. The number of rotatable bonds is 4. The standard InChI is InChI=1S/C19H27NO5/c1-6-24-17(21)14-10-9-13(12-16(14)23-5)15-8-7-11-20(15)18(22)25-19(2,3)4/h9-10,12,15H,6-8,11H2,1-5H3/t15-/m0/s1. The van der Waals surface area contributed by atoms with Gasteiger partial charge in [-0.3, -0.25) is 0 Å². The van der Waals surface area contributed by atoms with Gasteiger partial charge >= 0.3 is 12.1 Å². The molecule has 6 heteroatoms. The van der Waals surface area contributed by atoms with Crippen LogP contribution in [-0.2, 0) is 9.47 Å². The van der Waals surface area contributed by atoms with Gasteiger partial charge < -0.3 is 19.1 Å². The van der Waals surface area contributed by atoms with Crippen molar-refractivity contribution in [3.63, 3.8) is 0 Å². The van der Waals surface area contributed by atoms with E-state index in [0.717, 1.165) is 18.4 Å². The lowest BCUT2D eigenvalue weighted by molar-refractivity contribution is 0.0223. The SMILES string of the molecule is CCOC(=O)c1ccc([C@@H]2CCCN2C(=O)OC(C)(C)C)cc1OC. The molecule has 138 valence electrons. The van der Waals surface area contributed by atoms with Gasteiger partial charge in [-0.05, 0) is 58.2 Å². The van der Waals surface area contributed by atoms with Gasteiger partial charge in [0.2, 0.25) is 0 Å². The summed E-state index contributed by atoms with van der Waals surface area (Å²) in [5.41, 5.74) is 0.776. The molecular weight excluding hydrogens is 322 g/mol. The lowest BCUT2D eigenvalue weighted by Gasteiger charge is -2.29. The summed E-state index contributed by atoms with van der Waals surface area (Å²) < 4.78 is 15.9. The Morgan fingerprint density at radius 2 is 2.00 bits per heavy atom. The fourth-order valence-electron chi connectivity index (χ4n) is 2.94. The van der Waals surface area contributed by atoms with E-state index in [-0.39, 0.29) is 12.1 Å². The summed E-state index contributed by atoms with van der Waals surface area (Å²) in [4.78, 5) is 26.2. The molecule has 1 aliphatic heterocycles. The van der Waals surface area contributed by atoms with Gasteiger partial charge in [-0.1, -0.05) is 6.07 Å². The summed E-state index contributed by atoms with van der Waals surface area (Å²) in [7, 11) is 1.52. The highest BCUT2D eigenvalue weighted by molar-refractivity contribution is 5.92. The van der Waals surface area contributed by atoms with Crippen LogP contribution in [-0.4, -0.2) is 42.8 Å². The van der Waals surface area contributed by atoms with Crippen molar-refractivity contribution >= 4 is 12.1 Å². The van der Waals surface area contributed by atoms with E-state index in [4.69, 9.17) is 14.2 Å². The molecule has 1 atom stereocenters. The van der Waals surface area contributed by atoms with Crippen molar-refractivity contribution in [1.29, 1.82) is 0 Å². The summed E-state index contributed by atoms with van der Waals surface area (Å²) in [5, 5.41) is 0. The van der Waals surface area contributed by atoms with Crippen molar-refractivity contribution in [3.05, 3.63) is 29.3 Å². The molecular formula is C19H27NO5. The van der Waals surface area contributed by atoms with Crippen molar-refractivity contribution in [2.45, 2.75) is 52.2 Å². The van der Waals surface area contributed by atoms with Gasteiger partial charge in [-0.2, -0.15) is 0 Å². The Morgan fingerprint density at radius 3 is 2.60 bits per heavy atom. The molecule has 1 saturated heterocycles. The normalized spacial score (nSPS) is 17.3. The first-order valence-corrected chi connectivity index (χ1v) is 8.61. The first-order valence-electron chi connectivity index (χ1n) is 8.61. The average molecular weight is 349 g/mol. The molecule has 1 aliphatic rings. The second-order valence-corrected chi connectivity index (χ2v) is 7.01. The molecule has 1 fully saturated rings. The van der Waals surface area contributed by atoms with Crippen molar-refractivity contribution in [1.82, 2.24) is 4.90 Å². The second-order valence-electron chi connectivity index (χ2n) is 7.01. The number of nitrogens with zero attached hydrogens (tertiary/aromatic N) is 1. The van der Waals surface area contributed by atoms with Crippen LogP contribution in [0.2, 0.25) is 0 Å². The topological polar surface area (TPSA) is 65.1 Å². The van der Waals surface area contributed by atoms with Crippen LogP contribution in [0.4, 0.5) is 4.79 Å². The first kappa shape index (κ1) is 19.1. The molecule has 0 radical (unpaired) electrons. The Balaban J connectivity index is 2.25. The summed E-state index contributed by atoms with van der Waals surface area (Å²) in [6, 6.07) is 5.26. The van der Waals surface area contributed by atoms with Gasteiger partial charge in [-0.15, -0.1) is 0 Å². The molecule has 1 aromatic rings. The van der Waals surface area contributed by atoms with Crippen LogP contribution in [0, 0.1) is 0 Å². The molecule has 0 spiro atoms. The monoisotopic (exact) mass is 349 g/mol. The number of methoxy groups -OCH3 is 1. The average Bonchev–Trinajstić information content (AvgIpc) is 3.02. The summed E-state index contributed by atoms with van der Waals surface area (Å²) in [6.07, 6.45) is 1.44. The Kier molecular flexibility index (Phi) is 5.93. The predicted molar refractivity (Wildman–Crippen MR) is 93.9 cm³/mol. The number of hydrogen-bond acceptors (Lipinski definition) is 5. The number of benzene rings is 1. The molecule has 1 aromatic carbocycles. The van der Waals surface area contributed by atoms with E-state index >= 15 is 0 Å². The molecule has 0 saturated carbocycles. The van der Waals surface area contributed by atoms with E-state index in [1.807, 2.05) is 26.8 Å². The van der Waals surface area contributed by atoms with Crippen molar-refractivity contribution < 1.29 is 23.8 Å². The van der Waals surface area contributed by atoms with Crippen molar-refractivity contribution in [3.8, 4) is 5.75 Å². The quantitative estimate of drug-likeness (QED) is 0.770. The number of carbonyl (C=O) groups is 2. The molecule has 0 unspecified atom stereocenters. The minimum absolute atomic E-state index is 0.0833. The highest BCUT2D eigenvalue weighted by Crippen LogP contribution is 2.35. The van der Waals surface area contributed by atoms with E-state index < -0.39 is 11.6 Å². The summed E-state index contributed by atoms with van der Waals surface area (Å²) in [6.45, 7) is 8.28. The van der Waals surface area contributed by atoms with E-state index in [9.17, 15) is 9.59 Å². The van der Waals surface area contributed by atoms with Crippen LogP contribution in [0.3, 0.4) is 0 Å².